The third-order valence-electron chi connectivity index (χ3n) is 3.32. The van der Waals surface area contributed by atoms with Gasteiger partial charge in [0.05, 0.1) is 0 Å². The lowest BCUT2D eigenvalue weighted by Gasteiger charge is -2.02. The van der Waals surface area contributed by atoms with Crippen molar-refractivity contribution in [3.63, 3.8) is 0 Å². The normalized spacial score (nSPS) is 12.4. The fourth-order valence-corrected chi connectivity index (χ4v) is 3.01. The van der Waals surface area contributed by atoms with Crippen molar-refractivity contribution in [1.29, 1.82) is 0 Å². The molecule has 0 aliphatic carbocycles. The minimum atomic E-state index is -1.45. The van der Waals surface area contributed by atoms with E-state index in [1.165, 1.54) is 36.4 Å². The van der Waals surface area contributed by atoms with Gasteiger partial charge in [-0.05, 0) is 53.6 Å². The van der Waals surface area contributed by atoms with Crippen molar-refractivity contribution in [2.45, 2.75) is 9.92 Å². The van der Waals surface area contributed by atoms with E-state index in [-0.39, 0.29) is 11.6 Å². The van der Waals surface area contributed by atoms with Crippen molar-refractivity contribution >= 4 is 23.0 Å². The van der Waals surface area contributed by atoms with Crippen LogP contribution in [0.25, 0.3) is 12.2 Å². The monoisotopic (exact) mass is 341 g/mol. The van der Waals surface area contributed by atoms with Crippen LogP contribution in [0.15, 0.2) is 76.8 Å². The van der Waals surface area contributed by atoms with Gasteiger partial charge in [0.15, 0.2) is 0 Å². The van der Waals surface area contributed by atoms with Gasteiger partial charge in [0, 0.05) is 11.1 Å². The Bertz CT molecular complexity index is 873. The van der Waals surface area contributed by atoms with E-state index in [1.54, 1.807) is 30.5 Å². The first-order valence-electron chi connectivity index (χ1n) is 7.19. The first kappa shape index (κ1) is 16.2. The van der Waals surface area contributed by atoms with Crippen molar-refractivity contribution in [3.05, 3.63) is 89.6 Å². The number of aromatic nitrogens is 1. The highest BCUT2D eigenvalue weighted by atomic mass is 32.2. The van der Waals surface area contributed by atoms with Crippen LogP contribution in [0, 0.1) is 11.6 Å². The molecule has 120 valence electrons. The van der Waals surface area contributed by atoms with Crippen molar-refractivity contribution < 1.29 is 13.0 Å². The lowest BCUT2D eigenvalue weighted by molar-refractivity contribution is 0.626. The molecule has 2 aromatic carbocycles. The molecule has 24 heavy (non-hydrogen) atoms. The molecule has 2 nitrogen and oxygen atoms in total. The predicted molar refractivity (Wildman–Crippen MR) is 90.6 cm³/mol. The molecule has 0 spiro atoms. The van der Waals surface area contributed by atoms with E-state index in [9.17, 15) is 13.0 Å². The van der Waals surface area contributed by atoms with Crippen LogP contribution >= 0.6 is 0 Å². The minimum Gasteiger partial charge on any atom is -0.247 e. The molecule has 0 amide bonds. The highest BCUT2D eigenvalue weighted by Crippen LogP contribution is 2.16. The predicted octanol–water partition coefficient (Wildman–Crippen LogP) is 4.70. The van der Waals surface area contributed by atoms with Crippen LogP contribution in [0.1, 0.15) is 11.1 Å². The largest absolute Gasteiger partial charge is 0.247 e. The molecule has 0 saturated carbocycles. The molecular weight excluding hydrogens is 328 g/mol. The number of nitrogens with zero attached hydrogens (tertiary/aromatic N) is 1. The Morgan fingerprint density at radius 3 is 1.88 bits per heavy atom. The summed E-state index contributed by atoms with van der Waals surface area (Å²) >= 11 is 0. The lowest BCUT2D eigenvalue weighted by atomic mass is 10.2. The van der Waals surface area contributed by atoms with Crippen LogP contribution in [0.3, 0.4) is 0 Å². The summed E-state index contributed by atoms with van der Waals surface area (Å²) in [5, 5.41) is 0.403. The average molecular weight is 341 g/mol. The molecule has 3 aromatic rings. The Balaban J connectivity index is 1.74. The molecule has 1 atom stereocenters. The highest BCUT2D eigenvalue weighted by molar-refractivity contribution is 7.85. The third-order valence-corrected chi connectivity index (χ3v) is 4.64. The maximum absolute atomic E-state index is 12.9. The first-order valence-corrected chi connectivity index (χ1v) is 8.34. The SMILES string of the molecule is O=S(c1ccc(F)cc1)c1ccc(C=Cc2ccc(F)cc2)cn1. The quantitative estimate of drug-likeness (QED) is 0.689. The van der Waals surface area contributed by atoms with Crippen LogP contribution in [-0.4, -0.2) is 9.19 Å². The van der Waals surface area contributed by atoms with Gasteiger partial charge in [-0.1, -0.05) is 30.4 Å². The van der Waals surface area contributed by atoms with Crippen LogP contribution in [0.5, 0.6) is 0 Å². The molecule has 1 aromatic heterocycles. The summed E-state index contributed by atoms with van der Waals surface area (Å²) in [6.45, 7) is 0. The molecule has 0 aliphatic rings. The number of hydrogen-bond donors (Lipinski definition) is 0. The third kappa shape index (κ3) is 4.00. The van der Waals surface area contributed by atoms with Crippen LogP contribution in [0.4, 0.5) is 8.78 Å². The second-order valence-electron chi connectivity index (χ2n) is 5.04. The van der Waals surface area contributed by atoms with Gasteiger partial charge >= 0.3 is 0 Å². The summed E-state index contributed by atoms with van der Waals surface area (Å²) in [6.07, 6.45) is 5.29. The van der Waals surface area contributed by atoms with Crippen molar-refractivity contribution in [1.82, 2.24) is 4.98 Å². The van der Waals surface area contributed by atoms with Crippen LogP contribution in [0.2, 0.25) is 0 Å². The first-order chi connectivity index (χ1) is 11.6. The van der Waals surface area contributed by atoms with Gasteiger partial charge in [-0.2, -0.15) is 0 Å². The molecule has 0 N–H and O–H groups in total. The number of benzene rings is 2. The fourth-order valence-electron chi connectivity index (χ4n) is 2.05. The number of hydrogen-bond acceptors (Lipinski definition) is 2. The molecule has 0 fully saturated rings. The second kappa shape index (κ2) is 7.27. The fraction of sp³-hybridized carbons (Fsp3) is 0. The number of pyridine rings is 1. The standard InChI is InChI=1S/C19H13F2NOS/c20-16-6-3-14(4-7-16)1-2-15-5-12-19(22-13-15)24(23)18-10-8-17(21)9-11-18/h1-13H. The maximum Gasteiger partial charge on any atom is 0.132 e. The van der Waals surface area contributed by atoms with E-state index in [4.69, 9.17) is 0 Å². The Kier molecular flexibility index (Phi) is 4.91. The molecule has 0 bridgehead atoms. The molecule has 5 heteroatoms. The van der Waals surface area contributed by atoms with E-state index in [0.717, 1.165) is 11.1 Å². The van der Waals surface area contributed by atoms with E-state index < -0.39 is 10.8 Å². The topological polar surface area (TPSA) is 30.0 Å². The zero-order valence-corrected chi connectivity index (χ0v) is 13.3. The molecule has 1 heterocycles. The Morgan fingerprint density at radius 1 is 0.750 bits per heavy atom. The van der Waals surface area contributed by atoms with Crippen molar-refractivity contribution in [2.75, 3.05) is 0 Å². The maximum atomic E-state index is 12.9. The van der Waals surface area contributed by atoms with Gasteiger partial charge in [-0.3, -0.25) is 0 Å². The smallest absolute Gasteiger partial charge is 0.132 e. The van der Waals surface area contributed by atoms with E-state index >= 15 is 0 Å². The van der Waals surface area contributed by atoms with Gasteiger partial charge < -0.3 is 0 Å². The Labute approximate surface area is 141 Å². The van der Waals surface area contributed by atoms with E-state index in [2.05, 4.69) is 4.98 Å². The van der Waals surface area contributed by atoms with E-state index in [0.29, 0.717) is 9.92 Å². The zero-order valence-electron chi connectivity index (χ0n) is 12.5. The van der Waals surface area contributed by atoms with Gasteiger partial charge in [-0.15, -0.1) is 0 Å². The van der Waals surface area contributed by atoms with Gasteiger partial charge in [0.25, 0.3) is 0 Å². The summed E-state index contributed by atoms with van der Waals surface area (Å²) in [4.78, 5) is 4.70. The molecule has 3 rings (SSSR count). The molecule has 0 radical (unpaired) electrons. The summed E-state index contributed by atoms with van der Waals surface area (Å²) in [5.41, 5.74) is 1.70. The van der Waals surface area contributed by atoms with Gasteiger partial charge in [0.1, 0.15) is 27.5 Å². The molecule has 1 unspecified atom stereocenters. The number of rotatable bonds is 4. The zero-order chi connectivity index (χ0) is 16.9. The summed E-state index contributed by atoms with van der Waals surface area (Å²) in [5.74, 6) is -0.647. The highest BCUT2D eigenvalue weighted by Gasteiger charge is 2.08. The minimum absolute atomic E-state index is 0.276. The van der Waals surface area contributed by atoms with Crippen molar-refractivity contribution in [2.24, 2.45) is 0 Å². The summed E-state index contributed by atoms with van der Waals surface area (Å²) in [7, 11) is -1.45. The molecule has 0 aliphatic heterocycles. The van der Waals surface area contributed by atoms with Gasteiger partial charge in [-0.25, -0.2) is 18.0 Å². The summed E-state index contributed by atoms with van der Waals surface area (Å²) < 4.78 is 38.1. The summed E-state index contributed by atoms with van der Waals surface area (Å²) in [6, 6.07) is 15.1. The molecular formula is C19H13F2NOS. The number of halogens is 2. The average Bonchev–Trinajstić information content (AvgIpc) is 2.62. The Morgan fingerprint density at radius 2 is 1.29 bits per heavy atom. The van der Waals surface area contributed by atoms with Gasteiger partial charge in [0.2, 0.25) is 0 Å². The van der Waals surface area contributed by atoms with Crippen LogP contribution < -0.4 is 0 Å². The second-order valence-corrected chi connectivity index (χ2v) is 6.46. The van der Waals surface area contributed by atoms with E-state index in [1.807, 2.05) is 12.2 Å². The lowest BCUT2D eigenvalue weighted by Crippen LogP contribution is -1.96. The van der Waals surface area contributed by atoms with Crippen LogP contribution in [-0.2, 0) is 10.8 Å². The Hall–Kier alpha value is -2.66. The van der Waals surface area contributed by atoms with Crippen molar-refractivity contribution in [3.8, 4) is 0 Å². The molecule has 0 saturated heterocycles.